The van der Waals surface area contributed by atoms with Gasteiger partial charge in [0.1, 0.15) is 0 Å². The van der Waals surface area contributed by atoms with Gasteiger partial charge in [-0.3, -0.25) is 4.79 Å². The maximum Gasteiger partial charge on any atom is 0.230 e. The van der Waals surface area contributed by atoms with E-state index >= 15 is 0 Å². The molecular weight excluding hydrogens is 300 g/mol. The number of amides is 1. The fourth-order valence-corrected chi connectivity index (χ4v) is 3.91. The first-order chi connectivity index (χ1) is 9.97. The number of nitrogens with zero attached hydrogens (tertiary/aromatic N) is 1. The smallest absolute Gasteiger partial charge is 0.230 e. The number of aryl methyl sites for hydroxylation is 3. The zero-order valence-electron chi connectivity index (χ0n) is 12.8. The van der Waals surface area contributed by atoms with Crippen molar-refractivity contribution in [1.82, 2.24) is 10.3 Å². The average molecular weight is 320 g/mol. The highest BCUT2D eigenvalue weighted by Gasteiger charge is 2.15. The molecule has 21 heavy (non-hydrogen) atoms. The van der Waals surface area contributed by atoms with Crippen LogP contribution in [0.2, 0.25) is 0 Å². The van der Waals surface area contributed by atoms with E-state index in [2.05, 4.69) is 23.3 Å². The van der Waals surface area contributed by atoms with E-state index in [1.54, 1.807) is 23.1 Å². The lowest BCUT2D eigenvalue weighted by molar-refractivity contribution is -0.119. The first-order valence-electron chi connectivity index (χ1n) is 6.89. The van der Waals surface area contributed by atoms with E-state index < -0.39 is 0 Å². The quantitative estimate of drug-likeness (QED) is 0.846. The lowest BCUT2D eigenvalue weighted by Crippen LogP contribution is -2.28. The second kappa shape index (κ2) is 7.09. The minimum absolute atomic E-state index is 0.0417. The molecule has 0 saturated carbocycles. The number of hydrogen-bond donors (Lipinski definition) is 1. The molecule has 0 aliphatic rings. The maximum absolute atomic E-state index is 12.1. The highest BCUT2D eigenvalue weighted by Crippen LogP contribution is 2.24. The van der Waals surface area contributed by atoms with Crippen LogP contribution in [0, 0.1) is 20.8 Å². The third kappa shape index (κ3) is 4.32. The van der Waals surface area contributed by atoms with Gasteiger partial charge in [0.25, 0.3) is 0 Å². The summed E-state index contributed by atoms with van der Waals surface area (Å²) in [6.45, 7) is 8.08. The summed E-state index contributed by atoms with van der Waals surface area (Å²) in [5.74, 6) is 0.470. The first kappa shape index (κ1) is 16.0. The van der Waals surface area contributed by atoms with Gasteiger partial charge in [0, 0.05) is 9.77 Å². The topological polar surface area (TPSA) is 42.0 Å². The van der Waals surface area contributed by atoms with Gasteiger partial charge in [0.15, 0.2) is 0 Å². The SMILES string of the molecule is Cc1nc([C@@H](C)NC(=O)CSc2ccccc2C)c(C)s1. The Morgan fingerprint density at radius 1 is 1.33 bits per heavy atom. The van der Waals surface area contributed by atoms with Crippen LogP contribution < -0.4 is 5.32 Å². The molecule has 1 N–H and O–H groups in total. The van der Waals surface area contributed by atoms with Crippen molar-refractivity contribution in [2.45, 2.75) is 38.6 Å². The molecule has 1 aromatic carbocycles. The first-order valence-corrected chi connectivity index (χ1v) is 8.69. The molecule has 1 amide bonds. The second-order valence-corrected chi connectivity index (χ2v) is 7.44. The summed E-state index contributed by atoms with van der Waals surface area (Å²) in [4.78, 5) is 18.9. The van der Waals surface area contributed by atoms with Crippen molar-refractivity contribution in [3.63, 3.8) is 0 Å². The van der Waals surface area contributed by atoms with Crippen LogP contribution in [0.25, 0.3) is 0 Å². The molecule has 0 aliphatic heterocycles. The minimum Gasteiger partial charge on any atom is -0.347 e. The fraction of sp³-hybridized carbons (Fsp3) is 0.375. The number of carbonyl (C=O) groups excluding carboxylic acids is 1. The van der Waals surface area contributed by atoms with Crippen LogP contribution >= 0.6 is 23.1 Å². The predicted molar refractivity (Wildman–Crippen MR) is 90.0 cm³/mol. The molecule has 1 aromatic heterocycles. The summed E-state index contributed by atoms with van der Waals surface area (Å²) in [5, 5.41) is 4.06. The molecule has 0 spiro atoms. The molecule has 2 aromatic rings. The second-order valence-electron chi connectivity index (χ2n) is 5.02. The molecule has 0 fully saturated rings. The van der Waals surface area contributed by atoms with E-state index in [0.29, 0.717) is 5.75 Å². The molecule has 1 heterocycles. The van der Waals surface area contributed by atoms with E-state index in [0.717, 1.165) is 15.6 Å². The van der Waals surface area contributed by atoms with Crippen molar-refractivity contribution >= 4 is 29.0 Å². The Balaban J connectivity index is 1.90. The van der Waals surface area contributed by atoms with Crippen molar-refractivity contribution < 1.29 is 4.79 Å². The predicted octanol–water partition coefficient (Wildman–Crippen LogP) is 4.04. The summed E-state index contributed by atoms with van der Waals surface area (Å²) in [6, 6.07) is 8.07. The van der Waals surface area contributed by atoms with Crippen molar-refractivity contribution in [1.29, 1.82) is 0 Å². The van der Waals surface area contributed by atoms with Gasteiger partial charge in [0.05, 0.1) is 22.5 Å². The van der Waals surface area contributed by atoms with Gasteiger partial charge in [-0.15, -0.1) is 23.1 Å². The molecule has 3 nitrogen and oxygen atoms in total. The Morgan fingerprint density at radius 2 is 2.05 bits per heavy atom. The Kier molecular flexibility index (Phi) is 5.42. The Bertz CT molecular complexity index is 637. The van der Waals surface area contributed by atoms with Crippen LogP contribution in [-0.4, -0.2) is 16.6 Å². The molecule has 5 heteroatoms. The summed E-state index contributed by atoms with van der Waals surface area (Å²) in [6.07, 6.45) is 0. The van der Waals surface area contributed by atoms with E-state index in [9.17, 15) is 4.79 Å². The Hall–Kier alpha value is -1.33. The molecule has 0 bridgehead atoms. The number of hydrogen-bond acceptors (Lipinski definition) is 4. The number of carbonyl (C=O) groups is 1. The van der Waals surface area contributed by atoms with Gasteiger partial charge in [-0.25, -0.2) is 4.98 Å². The molecule has 112 valence electrons. The van der Waals surface area contributed by atoms with Gasteiger partial charge >= 0.3 is 0 Å². The molecule has 0 aliphatic carbocycles. The molecule has 0 radical (unpaired) electrons. The average Bonchev–Trinajstić information content (AvgIpc) is 2.77. The van der Waals surface area contributed by atoms with E-state index in [1.165, 1.54) is 10.4 Å². The number of benzene rings is 1. The van der Waals surface area contributed by atoms with Crippen molar-refractivity contribution in [3.8, 4) is 0 Å². The number of aromatic nitrogens is 1. The van der Waals surface area contributed by atoms with Crippen molar-refractivity contribution in [2.75, 3.05) is 5.75 Å². The maximum atomic E-state index is 12.1. The highest BCUT2D eigenvalue weighted by atomic mass is 32.2. The normalized spacial score (nSPS) is 12.2. The lowest BCUT2D eigenvalue weighted by atomic mass is 10.2. The molecule has 2 rings (SSSR count). The largest absolute Gasteiger partial charge is 0.347 e. The van der Waals surface area contributed by atoms with Crippen LogP contribution in [0.5, 0.6) is 0 Å². The van der Waals surface area contributed by atoms with E-state index in [1.807, 2.05) is 39.0 Å². The van der Waals surface area contributed by atoms with Gasteiger partial charge in [0.2, 0.25) is 5.91 Å². The number of thiazole rings is 1. The fourth-order valence-electron chi connectivity index (χ4n) is 2.16. The van der Waals surface area contributed by atoms with Crippen molar-refractivity contribution in [3.05, 3.63) is 45.4 Å². The third-order valence-corrected chi connectivity index (χ3v) is 5.26. The highest BCUT2D eigenvalue weighted by molar-refractivity contribution is 8.00. The third-order valence-electron chi connectivity index (χ3n) is 3.18. The van der Waals surface area contributed by atoms with E-state index in [-0.39, 0.29) is 11.9 Å². The van der Waals surface area contributed by atoms with Gasteiger partial charge < -0.3 is 5.32 Å². The van der Waals surface area contributed by atoms with Gasteiger partial charge in [-0.1, -0.05) is 18.2 Å². The monoisotopic (exact) mass is 320 g/mol. The summed E-state index contributed by atoms with van der Waals surface area (Å²) >= 11 is 3.24. The zero-order valence-corrected chi connectivity index (χ0v) is 14.4. The van der Waals surface area contributed by atoms with Crippen LogP contribution in [0.1, 0.15) is 34.1 Å². The van der Waals surface area contributed by atoms with Crippen LogP contribution in [0.15, 0.2) is 29.2 Å². The summed E-state index contributed by atoms with van der Waals surface area (Å²) in [5.41, 5.74) is 2.18. The minimum atomic E-state index is -0.0417. The van der Waals surface area contributed by atoms with Gasteiger partial charge in [-0.05, 0) is 39.3 Å². The Morgan fingerprint density at radius 3 is 2.67 bits per heavy atom. The van der Waals surface area contributed by atoms with E-state index in [4.69, 9.17) is 0 Å². The van der Waals surface area contributed by atoms with Crippen LogP contribution in [0.4, 0.5) is 0 Å². The van der Waals surface area contributed by atoms with Crippen molar-refractivity contribution in [2.24, 2.45) is 0 Å². The molecule has 0 saturated heterocycles. The molecular formula is C16H20N2OS2. The zero-order chi connectivity index (χ0) is 15.4. The Labute approximate surface area is 134 Å². The summed E-state index contributed by atoms with van der Waals surface area (Å²) in [7, 11) is 0. The van der Waals surface area contributed by atoms with Crippen LogP contribution in [0.3, 0.4) is 0 Å². The number of thioether (sulfide) groups is 1. The number of rotatable bonds is 5. The summed E-state index contributed by atoms with van der Waals surface area (Å²) < 4.78 is 0. The molecule has 0 unspecified atom stereocenters. The number of nitrogens with one attached hydrogen (secondary N) is 1. The lowest BCUT2D eigenvalue weighted by Gasteiger charge is -2.13. The molecule has 1 atom stereocenters. The standard InChI is InChI=1S/C16H20N2OS2/c1-10-7-5-6-8-14(10)20-9-15(19)17-11(2)16-12(3)21-13(4)18-16/h5-8,11H,9H2,1-4H3,(H,17,19)/t11-/m1/s1. The van der Waals surface area contributed by atoms with Gasteiger partial charge in [-0.2, -0.15) is 0 Å². The van der Waals surface area contributed by atoms with Crippen LogP contribution in [-0.2, 0) is 4.79 Å².